The Morgan fingerprint density at radius 1 is 0.968 bits per heavy atom. The Morgan fingerprint density at radius 3 is 2.13 bits per heavy atom. The lowest BCUT2D eigenvalue weighted by atomic mass is 10.0. The van der Waals surface area contributed by atoms with Gasteiger partial charge in [-0.1, -0.05) is 74.5 Å². The fraction of sp³-hybridized carbons (Fsp3) is 0.462. The molecule has 1 fully saturated rings. The number of carbonyl (C=O) groups excluding carboxylic acids is 2. The Bertz CT molecular complexity index is 818. The molecule has 0 saturated carbocycles. The van der Waals surface area contributed by atoms with Crippen molar-refractivity contribution in [2.24, 2.45) is 5.92 Å². The molecule has 0 aliphatic carbocycles. The van der Waals surface area contributed by atoms with Crippen LogP contribution in [0.1, 0.15) is 44.2 Å². The zero-order valence-electron chi connectivity index (χ0n) is 18.6. The first-order valence-electron chi connectivity index (χ1n) is 11.3. The molecule has 3 rings (SSSR count). The number of carbonyl (C=O) groups is 2. The molecule has 1 saturated heterocycles. The topological polar surface area (TPSA) is 49.4 Å². The van der Waals surface area contributed by atoms with Gasteiger partial charge in [0.05, 0.1) is 5.25 Å². The number of nitrogens with zero attached hydrogens (tertiary/aromatic N) is 1. The zero-order valence-corrected chi connectivity index (χ0v) is 19.4. The molecule has 1 aliphatic heterocycles. The number of hydrogen-bond donors (Lipinski definition) is 1. The number of piperidine rings is 1. The smallest absolute Gasteiger partial charge is 0.235 e. The number of hydrogen-bond acceptors (Lipinski definition) is 3. The maximum atomic E-state index is 13.2. The summed E-state index contributed by atoms with van der Waals surface area (Å²) >= 11 is 1.74. The highest BCUT2D eigenvalue weighted by Gasteiger charge is 2.30. The Morgan fingerprint density at radius 2 is 1.55 bits per heavy atom. The van der Waals surface area contributed by atoms with Gasteiger partial charge in [-0.05, 0) is 36.3 Å². The molecule has 0 spiro atoms. The normalized spacial score (nSPS) is 15.6. The van der Waals surface area contributed by atoms with E-state index >= 15 is 0 Å². The molecule has 31 heavy (non-hydrogen) atoms. The average molecular weight is 439 g/mol. The van der Waals surface area contributed by atoms with Crippen LogP contribution in [0.5, 0.6) is 0 Å². The predicted molar refractivity (Wildman–Crippen MR) is 129 cm³/mol. The third-order valence-electron chi connectivity index (χ3n) is 5.78. The SMILES string of the molecule is CC(C)C(SCc1ccccc1)C(=O)N1CCC(NC(=O)CCc2ccccc2)CC1. The average Bonchev–Trinajstić information content (AvgIpc) is 2.79. The third kappa shape index (κ3) is 7.42. The molecular weight excluding hydrogens is 404 g/mol. The van der Waals surface area contributed by atoms with Gasteiger partial charge in [0.1, 0.15) is 0 Å². The summed E-state index contributed by atoms with van der Waals surface area (Å²) in [5, 5.41) is 3.13. The molecule has 2 aromatic rings. The van der Waals surface area contributed by atoms with Crippen LogP contribution in [0.15, 0.2) is 60.7 Å². The van der Waals surface area contributed by atoms with Crippen molar-refractivity contribution >= 4 is 23.6 Å². The van der Waals surface area contributed by atoms with Gasteiger partial charge in [0.15, 0.2) is 0 Å². The molecule has 2 aromatic carbocycles. The van der Waals surface area contributed by atoms with Gasteiger partial charge in [-0.2, -0.15) is 0 Å². The van der Waals surface area contributed by atoms with E-state index in [1.165, 1.54) is 11.1 Å². The molecule has 2 amide bonds. The zero-order chi connectivity index (χ0) is 22.1. The first-order valence-corrected chi connectivity index (χ1v) is 12.4. The largest absolute Gasteiger partial charge is 0.353 e. The van der Waals surface area contributed by atoms with Gasteiger partial charge >= 0.3 is 0 Å². The minimum Gasteiger partial charge on any atom is -0.353 e. The summed E-state index contributed by atoms with van der Waals surface area (Å²) in [7, 11) is 0. The van der Waals surface area contributed by atoms with Crippen LogP contribution in [0.3, 0.4) is 0 Å². The van der Waals surface area contributed by atoms with E-state index in [2.05, 4.69) is 43.4 Å². The molecule has 1 unspecified atom stereocenters. The molecule has 5 heteroatoms. The molecule has 0 bridgehead atoms. The minimum absolute atomic E-state index is 0.0304. The molecule has 1 heterocycles. The predicted octanol–water partition coefficient (Wildman–Crippen LogP) is 4.68. The van der Waals surface area contributed by atoms with Crippen LogP contribution in [0.2, 0.25) is 0 Å². The number of rotatable bonds is 9. The lowest BCUT2D eigenvalue weighted by Gasteiger charge is -2.35. The Labute approximate surface area is 190 Å². The summed E-state index contributed by atoms with van der Waals surface area (Å²) in [5.74, 6) is 1.48. The van der Waals surface area contributed by atoms with Crippen molar-refractivity contribution in [1.29, 1.82) is 0 Å². The van der Waals surface area contributed by atoms with E-state index in [1.807, 2.05) is 41.3 Å². The monoisotopic (exact) mass is 438 g/mol. The minimum atomic E-state index is -0.0304. The number of nitrogens with one attached hydrogen (secondary N) is 1. The lowest BCUT2D eigenvalue weighted by Crippen LogP contribution is -2.49. The fourth-order valence-corrected chi connectivity index (χ4v) is 5.18. The summed E-state index contributed by atoms with van der Waals surface area (Å²) in [6, 6.07) is 20.6. The van der Waals surface area contributed by atoms with Gasteiger partial charge in [0, 0.05) is 31.3 Å². The van der Waals surface area contributed by atoms with Crippen molar-refractivity contribution in [3.8, 4) is 0 Å². The van der Waals surface area contributed by atoms with Gasteiger partial charge in [-0.15, -0.1) is 11.8 Å². The van der Waals surface area contributed by atoms with E-state index in [1.54, 1.807) is 11.8 Å². The van der Waals surface area contributed by atoms with Crippen LogP contribution in [-0.2, 0) is 21.8 Å². The van der Waals surface area contributed by atoms with Gasteiger partial charge in [0.2, 0.25) is 11.8 Å². The lowest BCUT2D eigenvalue weighted by molar-refractivity contribution is -0.132. The van der Waals surface area contributed by atoms with Crippen molar-refractivity contribution in [2.45, 2.75) is 56.6 Å². The highest BCUT2D eigenvalue weighted by atomic mass is 32.2. The molecule has 166 valence electrons. The van der Waals surface area contributed by atoms with Crippen molar-refractivity contribution in [2.75, 3.05) is 13.1 Å². The van der Waals surface area contributed by atoms with Crippen LogP contribution in [-0.4, -0.2) is 41.1 Å². The number of benzene rings is 2. The van der Waals surface area contributed by atoms with Crippen LogP contribution < -0.4 is 5.32 Å². The third-order valence-corrected chi connectivity index (χ3v) is 7.38. The quantitative estimate of drug-likeness (QED) is 0.618. The van der Waals surface area contributed by atoms with E-state index < -0.39 is 0 Å². The summed E-state index contributed by atoms with van der Waals surface area (Å²) in [4.78, 5) is 27.5. The van der Waals surface area contributed by atoms with Crippen molar-refractivity contribution < 1.29 is 9.59 Å². The Kier molecular flexibility index (Phi) is 9.01. The second-order valence-electron chi connectivity index (χ2n) is 8.61. The van der Waals surface area contributed by atoms with E-state index in [4.69, 9.17) is 0 Å². The molecule has 0 radical (unpaired) electrons. The summed E-state index contributed by atoms with van der Waals surface area (Å²) in [6.07, 6.45) is 2.93. The molecular formula is C26H34N2O2S. The van der Waals surface area contributed by atoms with Crippen molar-refractivity contribution in [1.82, 2.24) is 10.2 Å². The number of likely N-dealkylation sites (tertiary alicyclic amines) is 1. The van der Waals surface area contributed by atoms with E-state index in [0.717, 1.165) is 38.1 Å². The van der Waals surface area contributed by atoms with Gasteiger partial charge in [-0.3, -0.25) is 9.59 Å². The highest BCUT2D eigenvalue weighted by molar-refractivity contribution is 7.99. The molecule has 1 N–H and O–H groups in total. The second kappa shape index (κ2) is 11.9. The van der Waals surface area contributed by atoms with Gasteiger partial charge in [0.25, 0.3) is 0 Å². The van der Waals surface area contributed by atoms with E-state index in [-0.39, 0.29) is 29.0 Å². The first-order chi connectivity index (χ1) is 15.0. The summed E-state index contributed by atoms with van der Waals surface area (Å²) < 4.78 is 0. The summed E-state index contributed by atoms with van der Waals surface area (Å²) in [5.41, 5.74) is 2.44. The maximum Gasteiger partial charge on any atom is 0.235 e. The number of thioether (sulfide) groups is 1. The first kappa shape index (κ1) is 23.4. The molecule has 0 aromatic heterocycles. The maximum absolute atomic E-state index is 13.2. The van der Waals surface area contributed by atoms with Crippen LogP contribution in [0.25, 0.3) is 0 Å². The van der Waals surface area contributed by atoms with Crippen LogP contribution in [0.4, 0.5) is 0 Å². The highest BCUT2D eigenvalue weighted by Crippen LogP contribution is 2.27. The Hall–Kier alpha value is -2.27. The number of aryl methyl sites for hydroxylation is 1. The van der Waals surface area contributed by atoms with Gasteiger partial charge in [-0.25, -0.2) is 0 Å². The standard InChI is InChI=1S/C26H34N2O2S/c1-20(2)25(31-19-22-11-7-4-8-12-22)26(30)28-17-15-23(16-18-28)27-24(29)14-13-21-9-5-3-6-10-21/h3-12,20,23,25H,13-19H2,1-2H3,(H,27,29). The van der Waals surface area contributed by atoms with Crippen molar-refractivity contribution in [3.05, 3.63) is 71.8 Å². The van der Waals surface area contributed by atoms with Crippen LogP contribution >= 0.6 is 11.8 Å². The Balaban J connectivity index is 1.42. The number of amides is 2. The van der Waals surface area contributed by atoms with E-state index in [0.29, 0.717) is 6.42 Å². The molecule has 1 atom stereocenters. The molecule has 4 nitrogen and oxygen atoms in total. The van der Waals surface area contributed by atoms with Crippen LogP contribution in [0, 0.1) is 5.92 Å². The van der Waals surface area contributed by atoms with Crippen molar-refractivity contribution in [3.63, 3.8) is 0 Å². The second-order valence-corrected chi connectivity index (χ2v) is 9.74. The molecule has 1 aliphatic rings. The van der Waals surface area contributed by atoms with Gasteiger partial charge < -0.3 is 10.2 Å². The fourth-order valence-electron chi connectivity index (χ4n) is 3.94. The van der Waals surface area contributed by atoms with E-state index in [9.17, 15) is 9.59 Å². The summed E-state index contributed by atoms with van der Waals surface area (Å²) in [6.45, 7) is 5.69.